The van der Waals surface area contributed by atoms with Gasteiger partial charge < -0.3 is 18.8 Å². The second kappa shape index (κ2) is 11.3. The minimum absolute atomic E-state index is 0.150. The SMILES string of the molecule is Cc1cccc2ncc(C(CC(=O)N3CCN(C(c4ccccc4)c4ccccc4)CC3)c3ccc4c(c3)OCO4)n12. The molecule has 1 amide bonds. The highest BCUT2D eigenvalue weighted by atomic mass is 16.7. The molecule has 2 aliphatic heterocycles. The number of carbonyl (C=O) groups excluding carboxylic acids is 1. The maximum absolute atomic E-state index is 14.0. The Kier molecular flexibility index (Phi) is 7.10. The van der Waals surface area contributed by atoms with Crippen LogP contribution in [0.2, 0.25) is 0 Å². The number of aromatic nitrogens is 2. The predicted molar refractivity (Wildman–Crippen MR) is 162 cm³/mol. The number of aryl methyl sites for hydroxylation is 1. The zero-order valence-electron chi connectivity index (χ0n) is 23.7. The van der Waals surface area contributed by atoms with Crippen molar-refractivity contribution in [3.05, 3.63) is 131 Å². The first-order chi connectivity index (χ1) is 20.7. The fourth-order valence-corrected chi connectivity index (χ4v) is 6.42. The number of fused-ring (bicyclic) bond motifs is 2. The lowest BCUT2D eigenvalue weighted by Gasteiger charge is -2.40. The van der Waals surface area contributed by atoms with Crippen LogP contribution in [0.15, 0.2) is 103 Å². The molecule has 5 aromatic rings. The Bertz CT molecular complexity index is 1650. The summed E-state index contributed by atoms with van der Waals surface area (Å²) in [6.45, 7) is 5.29. The van der Waals surface area contributed by atoms with E-state index in [-0.39, 0.29) is 24.7 Å². The van der Waals surface area contributed by atoms with Crippen LogP contribution < -0.4 is 9.47 Å². The van der Waals surface area contributed by atoms with Gasteiger partial charge in [0.1, 0.15) is 5.65 Å². The van der Waals surface area contributed by atoms with E-state index in [4.69, 9.17) is 9.47 Å². The summed E-state index contributed by atoms with van der Waals surface area (Å²) in [4.78, 5) is 23.2. The molecule has 0 saturated carbocycles. The van der Waals surface area contributed by atoms with Crippen LogP contribution in [-0.4, -0.2) is 58.1 Å². The highest BCUT2D eigenvalue weighted by Crippen LogP contribution is 2.38. The summed E-state index contributed by atoms with van der Waals surface area (Å²) in [6, 6.07) is 33.6. The molecule has 1 unspecified atom stereocenters. The van der Waals surface area contributed by atoms with Gasteiger partial charge in [0.05, 0.1) is 11.7 Å². The molecule has 0 bridgehead atoms. The molecule has 1 fully saturated rings. The quantitative estimate of drug-likeness (QED) is 0.252. The van der Waals surface area contributed by atoms with Gasteiger partial charge in [0.2, 0.25) is 12.7 Å². The molecule has 212 valence electrons. The van der Waals surface area contributed by atoms with Gasteiger partial charge in [-0.3, -0.25) is 9.69 Å². The summed E-state index contributed by atoms with van der Waals surface area (Å²) >= 11 is 0. The number of piperazine rings is 1. The summed E-state index contributed by atoms with van der Waals surface area (Å²) in [5.41, 5.74) is 6.53. The van der Waals surface area contributed by atoms with Gasteiger partial charge in [-0.1, -0.05) is 72.8 Å². The first-order valence-corrected chi connectivity index (χ1v) is 14.6. The molecule has 42 heavy (non-hydrogen) atoms. The largest absolute Gasteiger partial charge is 0.454 e. The lowest BCUT2D eigenvalue weighted by atomic mass is 9.91. The second-order valence-corrected chi connectivity index (χ2v) is 11.1. The third-order valence-corrected chi connectivity index (χ3v) is 8.55. The van der Waals surface area contributed by atoms with Gasteiger partial charge in [0.15, 0.2) is 11.5 Å². The zero-order chi connectivity index (χ0) is 28.5. The first-order valence-electron chi connectivity index (χ1n) is 14.6. The van der Waals surface area contributed by atoms with Crippen molar-refractivity contribution in [3.8, 4) is 11.5 Å². The predicted octanol–water partition coefficient (Wildman–Crippen LogP) is 5.83. The molecule has 7 nitrogen and oxygen atoms in total. The van der Waals surface area contributed by atoms with Crippen molar-refractivity contribution in [2.45, 2.75) is 25.3 Å². The van der Waals surface area contributed by atoms with E-state index < -0.39 is 0 Å². The molecule has 4 heterocycles. The standard InChI is InChI=1S/C35H34N4O3/c1-25-9-8-14-33-36-23-30(39(25)33)29(28-15-16-31-32(21-28)42-24-41-31)22-34(40)37-17-19-38(20-18-37)35(26-10-4-2-5-11-26)27-12-6-3-7-13-27/h2-16,21,23,29,35H,17-20,22,24H2,1H3. The van der Waals surface area contributed by atoms with Gasteiger partial charge in [-0.15, -0.1) is 0 Å². The molecular formula is C35H34N4O3. The van der Waals surface area contributed by atoms with E-state index in [1.807, 2.05) is 41.4 Å². The molecule has 0 aliphatic carbocycles. The van der Waals surface area contributed by atoms with Crippen LogP contribution in [-0.2, 0) is 4.79 Å². The first kappa shape index (κ1) is 26.3. The fourth-order valence-electron chi connectivity index (χ4n) is 6.42. The van der Waals surface area contributed by atoms with E-state index in [0.29, 0.717) is 19.5 Å². The van der Waals surface area contributed by atoms with Gasteiger partial charge in [0, 0.05) is 50.4 Å². The highest BCUT2D eigenvalue weighted by molar-refractivity contribution is 5.78. The number of carbonyl (C=O) groups is 1. The summed E-state index contributed by atoms with van der Waals surface area (Å²) in [7, 11) is 0. The van der Waals surface area contributed by atoms with Gasteiger partial charge in [-0.25, -0.2) is 4.98 Å². The van der Waals surface area contributed by atoms with Crippen LogP contribution in [0.25, 0.3) is 5.65 Å². The summed E-state index contributed by atoms with van der Waals surface area (Å²) in [5.74, 6) is 1.43. The molecule has 0 radical (unpaired) electrons. The van der Waals surface area contributed by atoms with Crippen molar-refractivity contribution in [3.63, 3.8) is 0 Å². The zero-order valence-corrected chi connectivity index (χ0v) is 23.7. The van der Waals surface area contributed by atoms with Crippen LogP contribution >= 0.6 is 0 Å². The molecule has 0 N–H and O–H groups in total. The van der Waals surface area contributed by atoms with E-state index in [2.05, 4.69) is 87.9 Å². The second-order valence-electron chi connectivity index (χ2n) is 11.1. The fraction of sp³-hybridized carbons (Fsp3) is 0.257. The van der Waals surface area contributed by atoms with E-state index in [1.165, 1.54) is 11.1 Å². The number of pyridine rings is 1. The average Bonchev–Trinajstić information content (AvgIpc) is 3.69. The third-order valence-electron chi connectivity index (χ3n) is 8.55. The van der Waals surface area contributed by atoms with Crippen molar-refractivity contribution in [1.29, 1.82) is 0 Å². The summed E-state index contributed by atoms with van der Waals surface area (Å²) < 4.78 is 13.4. The lowest BCUT2D eigenvalue weighted by molar-refractivity contribution is -0.133. The van der Waals surface area contributed by atoms with Gasteiger partial charge in [0.25, 0.3) is 0 Å². The van der Waals surface area contributed by atoms with Gasteiger partial charge in [-0.2, -0.15) is 0 Å². The number of imidazole rings is 1. The Morgan fingerprint density at radius 1 is 0.786 bits per heavy atom. The van der Waals surface area contributed by atoms with E-state index >= 15 is 0 Å². The molecule has 7 rings (SSSR count). The molecule has 7 heteroatoms. The minimum atomic E-state index is -0.178. The minimum Gasteiger partial charge on any atom is -0.454 e. The van der Waals surface area contributed by atoms with Crippen molar-refractivity contribution >= 4 is 11.6 Å². The number of benzene rings is 3. The maximum Gasteiger partial charge on any atom is 0.231 e. The third kappa shape index (κ3) is 5.01. The maximum atomic E-state index is 14.0. The van der Waals surface area contributed by atoms with Crippen LogP contribution in [0.1, 0.15) is 46.5 Å². The van der Waals surface area contributed by atoms with E-state index in [0.717, 1.165) is 47.2 Å². The van der Waals surface area contributed by atoms with E-state index in [9.17, 15) is 4.79 Å². The number of nitrogens with zero attached hydrogens (tertiary/aromatic N) is 4. The van der Waals surface area contributed by atoms with Gasteiger partial charge in [-0.05, 0) is 47.9 Å². The molecule has 2 aromatic heterocycles. The highest BCUT2D eigenvalue weighted by Gasteiger charge is 2.31. The number of hydrogen-bond acceptors (Lipinski definition) is 5. The molecular weight excluding hydrogens is 524 g/mol. The Morgan fingerprint density at radius 2 is 1.48 bits per heavy atom. The van der Waals surface area contributed by atoms with Crippen molar-refractivity contribution < 1.29 is 14.3 Å². The van der Waals surface area contributed by atoms with Gasteiger partial charge >= 0.3 is 0 Å². The Morgan fingerprint density at radius 3 is 2.19 bits per heavy atom. The molecule has 1 saturated heterocycles. The summed E-state index contributed by atoms with van der Waals surface area (Å²) in [5, 5.41) is 0. The van der Waals surface area contributed by atoms with E-state index in [1.54, 1.807) is 0 Å². The summed E-state index contributed by atoms with van der Waals surface area (Å²) in [6.07, 6.45) is 2.26. The normalized spacial score (nSPS) is 15.8. The smallest absolute Gasteiger partial charge is 0.231 e. The monoisotopic (exact) mass is 558 g/mol. The molecule has 3 aromatic carbocycles. The molecule has 1 atom stereocenters. The Hall–Kier alpha value is -4.62. The Labute approximate surface area is 245 Å². The van der Waals surface area contributed by atoms with Crippen LogP contribution in [0, 0.1) is 6.92 Å². The topological polar surface area (TPSA) is 59.3 Å². The van der Waals surface area contributed by atoms with Crippen LogP contribution in [0.5, 0.6) is 11.5 Å². The number of hydrogen-bond donors (Lipinski definition) is 0. The Balaban J connectivity index is 1.13. The van der Waals surface area contributed by atoms with Crippen LogP contribution in [0.3, 0.4) is 0 Å². The lowest BCUT2D eigenvalue weighted by Crippen LogP contribution is -2.50. The molecule has 2 aliphatic rings. The van der Waals surface area contributed by atoms with Crippen LogP contribution in [0.4, 0.5) is 0 Å². The average molecular weight is 559 g/mol. The van der Waals surface area contributed by atoms with Crippen molar-refractivity contribution in [2.75, 3.05) is 33.0 Å². The number of ether oxygens (including phenoxy) is 2. The van der Waals surface area contributed by atoms with Crippen molar-refractivity contribution in [1.82, 2.24) is 19.2 Å². The number of amides is 1. The van der Waals surface area contributed by atoms with Crippen molar-refractivity contribution in [2.24, 2.45) is 0 Å². The molecule has 0 spiro atoms. The number of rotatable bonds is 7.